The molecule has 0 atom stereocenters. The Balaban J connectivity index is 0. The van der Waals surface area contributed by atoms with E-state index in [4.69, 9.17) is 18.4 Å². The van der Waals surface area contributed by atoms with Gasteiger partial charge in [-0.1, -0.05) is 19.9 Å². The Hall–Kier alpha value is -0.693. The van der Waals surface area contributed by atoms with Crippen LogP contribution in [0.2, 0.25) is 6.04 Å². The maximum Gasteiger partial charge on any atom is 0.500 e. The van der Waals surface area contributed by atoms with E-state index in [-0.39, 0.29) is 0 Å². The molecule has 0 heterocycles. The number of carbonyl (C=O) groups is 1. The molecule has 6 heteroatoms. The number of carboxylic acids is 1. The third-order valence-electron chi connectivity index (χ3n) is 1.82. The third kappa shape index (κ3) is 10.5. The molecule has 0 amide bonds. The molecule has 0 unspecified atom stereocenters. The van der Waals surface area contributed by atoms with Crippen LogP contribution >= 0.6 is 0 Å². The number of carboxylic acid groups (broad SMARTS) is 1. The van der Waals surface area contributed by atoms with Gasteiger partial charge in [0.1, 0.15) is 0 Å². The largest absolute Gasteiger partial charge is 0.500 e. The summed E-state index contributed by atoms with van der Waals surface area (Å²) < 4.78 is 16.9. The number of aliphatic carboxylic acids is 1. The molecule has 0 aromatic rings. The van der Waals surface area contributed by atoms with E-state index in [1.54, 1.807) is 0 Å². The van der Waals surface area contributed by atoms with Crippen LogP contribution in [-0.4, -0.2) is 39.7 Å². The Kier molecular flexibility index (Phi) is 13.9. The molecule has 0 fully saturated rings. The lowest BCUT2D eigenvalue weighted by Gasteiger charge is -2.27. The van der Waals surface area contributed by atoms with Gasteiger partial charge in [-0.25, -0.2) is 4.79 Å². The fourth-order valence-corrected chi connectivity index (χ4v) is 3.92. The van der Waals surface area contributed by atoms with E-state index in [1.165, 1.54) is 0 Å². The zero-order valence-electron chi connectivity index (χ0n) is 11.9. The Bertz CT molecular complexity index is 191. The van der Waals surface area contributed by atoms with Crippen molar-refractivity contribution in [2.45, 2.75) is 40.2 Å². The predicted octanol–water partition coefficient (Wildman–Crippen LogP) is 2.70. The third-order valence-corrected chi connectivity index (χ3v) is 5.12. The van der Waals surface area contributed by atoms with Crippen LogP contribution in [0.3, 0.4) is 0 Å². The van der Waals surface area contributed by atoms with E-state index in [1.807, 2.05) is 20.8 Å². The summed E-state index contributed by atoms with van der Waals surface area (Å²) in [5, 5.41) is 7.60. The molecule has 108 valence electrons. The average Bonchev–Trinajstić information content (AvgIpc) is 2.31. The number of hydrogen-bond donors (Lipinski definition) is 1. The first-order valence-corrected chi connectivity index (χ1v) is 8.22. The topological polar surface area (TPSA) is 65.0 Å². The van der Waals surface area contributed by atoms with Gasteiger partial charge in [-0.15, -0.1) is 0 Å². The van der Waals surface area contributed by atoms with E-state index >= 15 is 0 Å². The van der Waals surface area contributed by atoms with E-state index in [0.29, 0.717) is 19.8 Å². The fraction of sp³-hybridized carbons (Fsp3) is 0.750. The standard InChI is InChI=1S/C9H22O3Si.C3H4O2/c1-5-9-13(10-6-2,11-7-3)12-8-4;1-2-3(4)5/h5-9H2,1-4H3;2H,1H2,(H,4,5). The Morgan fingerprint density at radius 3 is 1.61 bits per heavy atom. The normalized spacial score (nSPS) is 10.4. The highest BCUT2D eigenvalue weighted by Gasteiger charge is 2.38. The lowest BCUT2D eigenvalue weighted by Crippen LogP contribution is -2.45. The van der Waals surface area contributed by atoms with Crippen LogP contribution in [0.4, 0.5) is 0 Å². The molecule has 0 aliphatic heterocycles. The average molecular weight is 278 g/mol. The minimum atomic E-state index is -2.30. The Morgan fingerprint density at radius 1 is 1.11 bits per heavy atom. The van der Waals surface area contributed by atoms with Crippen LogP contribution in [0, 0.1) is 0 Å². The minimum Gasteiger partial charge on any atom is -0.478 e. The molecule has 0 radical (unpaired) electrons. The Morgan fingerprint density at radius 2 is 1.44 bits per heavy atom. The quantitative estimate of drug-likeness (QED) is 0.519. The van der Waals surface area contributed by atoms with Gasteiger partial charge in [0.25, 0.3) is 0 Å². The van der Waals surface area contributed by atoms with Crippen molar-refractivity contribution in [3.63, 3.8) is 0 Å². The molecule has 0 rings (SSSR count). The first kappa shape index (κ1) is 19.6. The van der Waals surface area contributed by atoms with E-state index in [9.17, 15) is 4.79 Å². The van der Waals surface area contributed by atoms with Crippen LogP contribution in [0.25, 0.3) is 0 Å². The van der Waals surface area contributed by atoms with E-state index in [2.05, 4.69) is 13.5 Å². The fourth-order valence-electron chi connectivity index (χ4n) is 1.31. The molecule has 0 spiro atoms. The van der Waals surface area contributed by atoms with Crippen LogP contribution in [0.5, 0.6) is 0 Å². The molecule has 0 aromatic heterocycles. The first-order chi connectivity index (χ1) is 8.51. The monoisotopic (exact) mass is 278 g/mol. The summed E-state index contributed by atoms with van der Waals surface area (Å²) in [7, 11) is -2.30. The van der Waals surface area contributed by atoms with E-state index < -0.39 is 14.8 Å². The van der Waals surface area contributed by atoms with Gasteiger partial charge in [0, 0.05) is 31.9 Å². The van der Waals surface area contributed by atoms with Gasteiger partial charge < -0.3 is 18.4 Å². The summed E-state index contributed by atoms with van der Waals surface area (Å²) in [6.07, 6.45) is 1.88. The Labute approximate surface area is 111 Å². The van der Waals surface area contributed by atoms with Crippen molar-refractivity contribution in [1.82, 2.24) is 0 Å². The summed E-state index contributed by atoms with van der Waals surface area (Å²) in [5.74, 6) is -0.981. The molecule has 5 nitrogen and oxygen atoms in total. The highest BCUT2D eigenvalue weighted by Crippen LogP contribution is 2.17. The second kappa shape index (κ2) is 12.8. The van der Waals surface area contributed by atoms with Gasteiger partial charge >= 0.3 is 14.8 Å². The summed E-state index contributed by atoms with van der Waals surface area (Å²) in [4.78, 5) is 9.25. The maximum atomic E-state index is 9.25. The second-order valence-corrected chi connectivity index (χ2v) is 6.01. The molecule has 0 aliphatic rings. The molecular formula is C12H26O5Si. The van der Waals surface area contributed by atoms with Gasteiger partial charge in [0.15, 0.2) is 0 Å². The summed E-state index contributed by atoms with van der Waals surface area (Å²) in [5.41, 5.74) is 0. The van der Waals surface area contributed by atoms with Crippen molar-refractivity contribution in [2.24, 2.45) is 0 Å². The van der Waals surface area contributed by atoms with Crippen LogP contribution in [-0.2, 0) is 18.1 Å². The van der Waals surface area contributed by atoms with Crippen molar-refractivity contribution in [2.75, 3.05) is 19.8 Å². The second-order valence-electron chi connectivity index (χ2n) is 3.27. The number of hydrogen-bond acceptors (Lipinski definition) is 4. The maximum absolute atomic E-state index is 9.25. The first-order valence-electron chi connectivity index (χ1n) is 6.29. The highest BCUT2D eigenvalue weighted by atomic mass is 28.4. The summed E-state index contributed by atoms with van der Waals surface area (Å²) in [6.45, 7) is 13.0. The van der Waals surface area contributed by atoms with Gasteiger partial charge in [0.05, 0.1) is 0 Å². The van der Waals surface area contributed by atoms with Crippen LogP contribution in [0.1, 0.15) is 34.1 Å². The smallest absolute Gasteiger partial charge is 0.478 e. The molecule has 0 aromatic carbocycles. The van der Waals surface area contributed by atoms with Crippen molar-refractivity contribution >= 4 is 14.8 Å². The molecule has 1 N–H and O–H groups in total. The lowest BCUT2D eigenvalue weighted by atomic mass is 10.6. The van der Waals surface area contributed by atoms with Gasteiger partial charge in [-0.3, -0.25) is 0 Å². The van der Waals surface area contributed by atoms with Crippen molar-refractivity contribution in [1.29, 1.82) is 0 Å². The van der Waals surface area contributed by atoms with Gasteiger partial charge in [0.2, 0.25) is 0 Å². The summed E-state index contributed by atoms with van der Waals surface area (Å²) >= 11 is 0. The zero-order chi connectivity index (χ0) is 14.4. The molecular weight excluding hydrogens is 252 g/mol. The van der Waals surface area contributed by atoms with Crippen LogP contribution < -0.4 is 0 Å². The zero-order valence-corrected chi connectivity index (χ0v) is 12.9. The van der Waals surface area contributed by atoms with Crippen molar-refractivity contribution in [3.05, 3.63) is 12.7 Å². The van der Waals surface area contributed by atoms with Crippen molar-refractivity contribution < 1.29 is 23.2 Å². The highest BCUT2D eigenvalue weighted by molar-refractivity contribution is 6.60. The van der Waals surface area contributed by atoms with Crippen molar-refractivity contribution in [3.8, 4) is 0 Å². The van der Waals surface area contributed by atoms with E-state index in [0.717, 1.165) is 18.5 Å². The summed E-state index contributed by atoms with van der Waals surface area (Å²) in [6, 6.07) is 0.919. The molecule has 0 aliphatic carbocycles. The SMILES string of the molecule is C=CC(=O)O.CCC[Si](OCC)(OCC)OCC. The molecule has 0 saturated carbocycles. The van der Waals surface area contributed by atoms with Gasteiger partial charge in [-0.2, -0.15) is 0 Å². The molecule has 0 bridgehead atoms. The minimum absolute atomic E-state index is 0.673. The molecule has 0 saturated heterocycles. The number of rotatable bonds is 9. The van der Waals surface area contributed by atoms with Gasteiger partial charge in [-0.05, 0) is 20.8 Å². The van der Waals surface area contributed by atoms with Crippen LogP contribution in [0.15, 0.2) is 12.7 Å². The molecule has 18 heavy (non-hydrogen) atoms. The lowest BCUT2D eigenvalue weighted by molar-refractivity contribution is -0.131. The predicted molar refractivity (Wildman–Crippen MR) is 73.6 cm³/mol.